The van der Waals surface area contributed by atoms with Crippen LogP contribution in [-0.2, 0) is 51.8 Å². The number of hydrogen-bond donors (Lipinski definition) is 7. The van der Waals surface area contributed by atoms with E-state index in [1.54, 1.807) is 86.1 Å². The molecule has 0 aromatic heterocycles. The van der Waals surface area contributed by atoms with Gasteiger partial charge in [-0.3, -0.25) is 28.3 Å². The first kappa shape index (κ1) is 56.5. The normalized spacial score (nSPS) is 26.5. The molecule has 6 rings (SSSR count). The van der Waals surface area contributed by atoms with E-state index >= 15 is 0 Å². The monoisotopic (exact) mass is 1030 g/mol. The summed E-state index contributed by atoms with van der Waals surface area (Å²) in [5.41, 5.74) is 11.2. The van der Waals surface area contributed by atoms with Gasteiger partial charge in [0.15, 0.2) is 12.5 Å². The average molecular weight is 1030 g/mol. The number of nitrogens with zero attached hydrogens (tertiary/aromatic N) is 2. The van der Waals surface area contributed by atoms with E-state index in [4.69, 9.17) is 55.6 Å². The molecule has 0 aliphatic carbocycles. The first-order chi connectivity index (χ1) is 32.6. The Morgan fingerprint density at radius 1 is 0.696 bits per heavy atom. The zero-order valence-electron chi connectivity index (χ0n) is 38.1. The molecule has 9 N–H and O–H groups in total. The number of ether oxygens (including phenoxy) is 4. The third-order valence-electron chi connectivity index (χ3n) is 10.5. The first-order valence-electron chi connectivity index (χ1n) is 21.3. The average Bonchev–Trinajstić information content (AvgIpc) is 3.79. The number of allylic oxidation sites excluding steroid dienone is 2. The number of carbonyl (C=O) groups excluding carboxylic acids is 4. The molecule has 4 heterocycles. The number of esters is 2. The molecule has 2 aromatic carbocycles. The fourth-order valence-electron chi connectivity index (χ4n) is 6.87. The van der Waals surface area contributed by atoms with Crippen molar-refractivity contribution in [3.8, 4) is 11.5 Å². The quantitative estimate of drug-likeness (QED) is 0.0833. The van der Waals surface area contributed by atoms with E-state index in [-0.39, 0.29) is 18.1 Å². The third-order valence-corrected chi connectivity index (χ3v) is 14.6. The van der Waals surface area contributed by atoms with Crippen molar-refractivity contribution in [2.24, 2.45) is 23.3 Å². The molecule has 0 bridgehead atoms. The van der Waals surface area contributed by atoms with E-state index in [0.717, 1.165) is 0 Å². The Bertz CT molecular complexity index is 2270. The van der Waals surface area contributed by atoms with Crippen LogP contribution in [0.3, 0.4) is 0 Å². The molecule has 22 nitrogen and oxygen atoms in total. The fraction of sp³-hybridized carbons (Fsp3) is 0.455. The highest BCUT2D eigenvalue weighted by molar-refractivity contribution is 7.85. The van der Waals surface area contributed by atoms with Crippen LogP contribution >= 0.6 is 25.6 Å². The van der Waals surface area contributed by atoms with E-state index in [1.165, 1.54) is 43.3 Å². The Morgan fingerprint density at radius 3 is 1.54 bits per heavy atom. The first-order valence-corrected chi connectivity index (χ1v) is 25.8. The van der Waals surface area contributed by atoms with Crippen molar-refractivity contribution >= 4 is 49.3 Å². The number of halogens is 1. The third kappa shape index (κ3) is 16.5. The molecular formula is C44H59ClN4O18P2. The number of primary amides is 2. The summed E-state index contributed by atoms with van der Waals surface area (Å²) in [7, 11) is -1.42. The molecule has 380 valence electrons. The van der Waals surface area contributed by atoms with Gasteiger partial charge in [-0.1, -0.05) is 62.4 Å². The Morgan fingerprint density at radius 2 is 1.12 bits per heavy atom. The molecule has 25 heteroatoms. The van der Waals surface area contributed by atoms with Gasteiger partial charge in [0.05, 0.1) is 51.6 Å². The lowest BCUT2D eigenvalue weighted by Gasteiger charge is -2.28. The van der Waals surface area contributed by atoms with Crippen molar-refractivity contribution in [3.63, 3.8) is 0 Å². The highest BCUT2D eigenvalue weighted by atomic mass is 35.7. The van der Waals surface area contributed by atoms with E-state index in [9.17, 15) is 48.7 Å². The van der Waals surface area contributed by atoms with Gasteiger partial charge in [0.25, 0.3) is 0 Å². The van der Waals surface area contributed by atoms with Crippen molar-refractivity contribution in [2.45, 2.75) is 75.8 Å². The minimum atomic E-state index is -3.91. The smallest absolute Gasteiger partial charge is 0.380 e. The zero-order valence-corrected chi connectivity index (χ0v) is 40.7. The Labute approximate surface area is 403 Å². The predicted molar refractivity (Wildman–Crippen MR) is 247 cm³/mol. The maximum atomic E-state index is 13.5. The second-order valence-electron chi connectivity index (χ2n) is 15.9. The number of hydrogen-bond acceptors (Lipinski definition) is 20. The van der Waals surface area contributed by atoms with Gasteiger partial charge in [-0.2, -0.15) is 0 Å². The lowest BCUT2D eigenvalue weighted by atomic mass is 10.1. The molecule has 2 unspecified atom stereocenters. The summed E-state index contributed by atoms with van der Waals surface area (Å²) in [6, 6.07) is 16.9. The molecule has 2 saturated heterocycles. The van der Waals surface area contributed by atoms with Crippen LogP contribution in [0.2, 0.25) is 0 Å². The van der Waals surface area contributed by atoms with Crippen molar-refractivity contribution in [1.29, 1.82) is 0 Å². The molecule has 0 radical (unpaired) electrons. The fourth-order valence-corrected chi connectivity index (χ4v) is 10.9. The summed E-state index contributed by atoms with van der Waals surface area (Å²) in [5, 5.41) is 49.5. The van der Waals surface area contributed by atoms with Crippen LogP contribution in [0.5, 0.6) is 11.5 Å². The number of nitrogens with two attached hydrogens (primary N) is 2. The van der Waals surface area contributed by atoms with Crippen LogP contribution in [0.25, 0.3) is 0 Å². The minimum absolute atomic E-state index is 0.0594. The predicted octanol–water partition coefficient (Wildman–Crippen LogP) is 2.44. The molecule has 12 atom stereocenters. The number of rotatable bonds is 18. The topological polar surface area (TPSA) is 327 Å². The number of aliphatic hydroxyl groups excluding tert-OH is 5. The van der Waals surface area contributed by atoms with Crippen LogP contribution < -0.4 is 20.5 Å². The summed E-state index contributed by atoms with van der Waals surface area (Å²) < 4.78 is 62.2. The summed E-state index contributed by atoms with van der Waals surface area (Å²) in [6.45, 7) is -1.03. The van der Waals surface area contributed by atoms with Crippen molar-refractivity contribution in [3.05, 3.63) is 109 Å². The summed E-state index contributed by atoms with van der Waals surface area (Å²) in [4.78, 5) is 48.5. The highest BCUT2D eigenvalue weighted by Gasteiger charge is 2.47. The summed E-state index contributed by atoms with van der Waals surface area (Å²) >= 11 is 5.79. The van der Waals surface area contributed by atoms with Crippen molar-refractivity contribution in [2.75, 3.05) is 39.8 Å². The number of amides is 2. The second kappa shape index (κ2) is 26.2. The van der Waals surface area contributed by atoms with E-state index in [0.29, 0.717) is 29.7 Å². The largest absolute Gasteiger partial charge is 0.469 e. The van der Waals surface area contributed by atoms with Crippen LogP contribution in [0, 0.1) is 11.8 Å². The van der Waals surface area contributed by atoms with Crippen LogP contribution in [0.1, 0.15) is 26.7 Å². The lowest BCUT2D eigenvalue weighted by Crippen LogP contribution is -2.40. The molecule has 2 fully saturated rings. The maximum absolute atomic E-state index is 13.5. The molecule has 0 saturated carbocycles. The molecular weight excluding hydrogens is 970 g/mol. The van der Waals surface area contributed by atoms with Gasteiger partial charge in [0, 0.05) is 35.9 Å². The minimum Gasteiger partial charge on any atom is -0.469 e. The summed E-state index contributed by atoms with van der Waals surface area (Å²) in [6.07, 6.45) is 1.07. The molecule has 4 aliphatic rings. The Balaban J connectivity index is 0.000000249. The second-order valence-corrected chi connectivity index (χ2v) is 21.2. The van der Waals surface area contributed by atoms with Gasteiger partial charge in [0.1, 0.15) is 48.1 Å². The number of carbonyl (C=O) groups is 4. The van der Waals surface area contributed by atoms with Crippen LogP contribution in [0.4, 0.5) is 0 Å². The number of aliphatic hydroxyl groups is 5. The molecule has 4 aliphatic heterocycles. The Hall–Kier alpha value is -5.09. The van der Waals surface area contributed by atoms with Crippen molar-refractivity contribution in [1.82, 2.24) is 9.80 Å². The molecule has 69 heavy (non-hydrogen) atoms. The van der Waals surface area contributed by atoms with Gasteiger partial charge in [-0.15, -0.1) is 0 Å². The standard InChI is InChI=1S/C22H29N2O9P.C11H14ClO4P.C11H16N2O5/c1-14(22(28)30-2)13-34(29,33-16-8-4-3-5-9-16)31-12-17-18(25)19(26)21(32-17)24-10-6-7-15(11-24)20(23)27;1-9(11(13)15-2)8-17(12,14)16-10-6-4-3-5-7-10;12-10(17)6-2-1-3-13(4-6)11-9(16)8(15)7(5-14)18-11/h3-6,8-11,14,17-19,21,25-26H,7,12-13H2,1-2H3,(H2,23,27);3-7,9H,8H2,1-2H3;1,3-4,7-9,11,14-16H,2,5H2,(H2,12,17)/t14-,17-,18-,19-,21-,34?;9-,17?;7-,8-,9-,11-/m111/s1. The van der Waals surface area contributed by atoms with Crippen LogP contribution in [-0.4, -0.2) is 148 Å². The Kier molecular flexibility index (Phi) is 21.5. The van der Waals surface area contributed by atoms with Gasteiger partial charge >= 0.3 is 26.3 Å². The lowest BCUT2D eigenvalue weighted by molar-refractivity contribution is -0.144. The highest BCUT2D eigenvalue weighted by Crippen LogP contribution is 2.54. The molecule has 2 aromatic rings. The summed E-state index contributed by atoms with van der Waals surface area (Å²) in [5.74, 6) is -2.85. The van der Waals surface area contributed by atoms with Gasteiger partial charge in [-0.05, 0) is 48.3 Å². The van der Waals surface area contributed by atoms with Crippen molar-refractivity contribution < 1.29 is 86.4 Å². The van der Waals surface area contributed by atoms with E-state index in [2.05, 4.69) is 4.74 Å². The maximum Gasteiger partial charge on any atom is 0.380 e. The van der Waals surface area contributed by atoms with E-state index in [1.807, 2.05) is 6.07 Å². The van der Waals surface area contributed by atoms with Gasteiger partial charge in [0.2, 0.25) is 11.8 Å². The number of methoxy groups -OCH3 is 2. The number of para-hydroxylation sites is 2. The molecule has 2 amide bonds. The number of benzene rings is 2. The van der Waals surface area contributed by atoms with Crippen LogP contribution in [0.15, 0.2) is 109 Å². The van der Waals surface area contributed by atoms with Gasteiger partial charge in [-0.25, -0.2) is 4.57 Å². The molecule has 0 spiro atoms. The zero-order chi connectivity index (χ0) is 51.1. The van der Waals surface area contributed by atoms with Gasteiger partial charge < -0.3 is 74.8 Å². The SMILES string of the molecule is COC(=O)[C@H](C)CP(=O)(Cl)Oc1ccccc1.COC(=O)[C@H](C)CP(=O)(OC[C@H]1O[C@@H](N2C=CCC(C(N)=O)=C2)[C@H](O)[C@@H]1O)Oc1ccccc1.NC(=O)C1=CN([C@@H]2O[C@H](CO)[C@@H](O)[C@H]2O)C=CC1. The van der Waals surface area contributed by atoms with E-state index < -0.39 is 112 Å².